The van der Waals surface area contributed by atoms with Crippen LogP contribution in [0.2, 0.25) is 0 Å². The number of nitrogens with zero attached hydrogens (tertiary/aromatic N) is 2. The van der Waals surface area contributed by atoms with Crippen LogP contribution in [-0.4, -0.2) is 116 Å². The highest BCUT2D eigenvalue weighted by Crippen LogP contribution is 2.31. The maximum atomic E-state index is 14.2. The van der Waals surface area contributed by atoms with E-state index in [1.54, 1.807) is 37.9 Å². The molecule has 1 aromatic carbocycles. The van der Waals surface area contributed by atoms with Gasteiger partial charge in [-0.25, -0.2) is 4.79 Å². The topological polar surface area (TPSA) is 155 Å². The summed E-state index contributed by atoms with van der Waals surface area (Å²) in [4.78, 5) is 70.7. The van der Waals surface area contributed by atoms with Gasteiger partial charge in [0.2, 0.25) is 17.7 Å². The van der Waals surface area contributed by atoms with Crippen molar-refractivity contribution in [3.05, 3.63) is 35.4 Å². The highest BCUT2D eigenvalue weighted by molar-refractivity contribution is 5.90. The Hall–Kier alpha value is -3.35. The largest absolute Gasteiger partial charge is 0.480 e. The van der Waals surface area contributed by atoms with E-state index in [9.17, 15) is 29.1 Å². The van der Waals surface area contributed by atoms with Crippen LogP contribution < -0.4 is 10.6 Å². The molecule has 0 spiro atoms. The number of rotatable bonds is 22. The fraction of sp³-hybridized carbons (Fsp3) is 0.732. The van der Waals surface area contributed by atoms with Gasteiger partial charge in [0.25, 0.3) is 0 Å². The van der Waals surface area contributed by atoms with Gasteiger partial charge in [0.1, 0.15) is 6.04 Å². The first-order valence-electron chi connectivity index (χ1n) is 19.3. The van der Waals surface area contributed by atoms with Crippen molar-refractivity contribution in [3.63, 3.8) is 0 Å². The number of hydrogen-bond acceptors (Lipinski definition) is 8. The highest BCUT2D eigenvalue weighted by atomic mass is 16.5. The molecule has 53 heavy (non-hydrogen) atoms. The zero-order valence-electron chi connectivity index (χ0n) is 34.3. The molecule has 1 aliphatic rings. The molecule has 12 heteroatoms. The number of likely N-dealkylation sites (tertiary alicyclic amines) is 1. The standard InChI is InChI=1S/C41H68N4O8/c1-13-27(7)37(44(10)40(49)30(24(2)3)22-33(46)36(42-9)25(4)5)34(52-11)23-35(47)45-20-14-15-32(45)38(53-12)28(8)39(48)43-31(41(50)51)21-29-18-16-26(6)17-19-29/h16-19,24-25,27-28,30-32,34,36-38,42H,13-15,20-23H2,1-12H3,(H,43,48)(H,50,51)/t27-,28+,30-,31-,32-,34+,36-,37-,38+/m0/s1. The number of amides is 3. The van der Waals surface area contributed by atoms with Crippen LogP contribution in [0.1, 0.15) is 91.7 Å². The minimum atomic E-state index is -1.13. The van der Waals surface area contributed by atoms with Crippen molar-refractivity contribution in [1.29, 1.82) is 0 Å². The number of Topliss-reactive ketones (excluding diaryl/α,β-unsaturated/α-hetero) is 1. The molecule has 9 atom stereocenters. The third kappa shape index (κ3) is 12.3. The molecule has 1 aromatic rings. The summed E-state index contributed by atoms with van der Waals surface area (Å²) in [6, 6.07) is 5.19. The molecule has 1 saturated heterocycles. The van der Waals surface area contributed by atoms with E-state index >= 15 is 0 Å². The van der Waals surface area contributed by atoms with Crippen LogP contribution in [0.3, 0.4) is 0 Å². The summed E-state index contributed by atoms with van der Waals surface area (Å²) in [5.41, 5.74) is 1.85. The second-order valence-corrected chi connectivity index (χ2v) is 15.7. The number of ether oxygens (including phenoxy) is 2. The number of aryl methyl sites for hydroxylation is 1. The molecule has 12 nitrogen and oxygen atoms in total. The molecule has 0 bridgehead atoms. The van der Waals surface area contributed by atoms with Gasteiger partial charge in [-0.2, -0.15) is 0 Å². The van der Waals surface area contributed by atoms with Gasteiger partial charge >= 0.3 is 5.97 Å². The maximum absolute atomic E-state index is 14.2. The van der Waals surface area contributed by atoms with Crippen molar-refractivity contribution in [2.24, 2.45) is 29.6 Å². The van der Waals surface area contributed by atoms with Gasteiger partial charge < -0.3 is 35.0 Å². The summed E-state index contributed by atoms with van der Waals surface area (Å²) < 4.78 is 11.9. The zero-order chi connectivity index (χ0) is 40.2. The van der Waals surface area contributed by atoms with E-state index in [0.29, 0.717) is 19.4 Å². The number of benzene rings is 1. The SMILES string of the molecule is CC[C@H](C)[C@@H]([C@@H](CC(=O)N1CCC[C@H]1[C@H](OC)[C@@H](C)C(=O)N[C@@H](Cc1ccc(C)cc1)C(=O)O)OC)N(C)C(=O)[C@@H](CC(=O)[C@@H](NC)C(C)C)C(C)C. The van der Waals surface area contributed by atoms with E-state index in [0.717, 1.165) is 17.5 Å². The van der Waals surface area contributed by atoms with Gasteiger partial charge in [-0.1, -0.05) is 84.7 Å². The molecule has 1 aliphatic heterocycles. The number of carbonyl (C=O) groups is 5. The lowest BCUT2D eigenvalue weighted by molar-refractivity contribution is -0.149. The summed E-state index contributed by atoms with van der Waals surface area (Å²) in [5.74, 6) is -3.20. The summed E-state index contributed by atoms with van der Waals surface area (Å²) in [6.45, 7) is 16.1. The molecule has 0 radical (unpaired) electrons. The van der Waals surface area contributed by atoms with Crippen molar-refractivity contribution in [2.45, 2.75) is 130 Å². The monoisotopic (exact) mass is 745 g/mol. The summed E-state index contributed by atoms with van der Waals surface area (Å²) >= 11 is 0. The first kappa shape index (κ1) is 45.8. The van der Waals surface area contributed by atoms with Crippen molar-refractivity contribution >= 4 is 29.5 Å². The van der Waals surface area contributed by atoms with Crippen molar-refractivity contribution < 1.29 is 38.6 Å². The Bertz CT molecular complexity index is 1350. The van der Waals surface area contributed by atoms with Gasteiger partial charge in [-0.3, -0.25) is 19.2 Å². The number of methoxy groups -OCH3 is 2. The number of aliphatic carboxylic acids is 1. The third-order valence-electron chi connectivity index (χ3n) is 11.3. The van der Waals surface area contributed by atoms with Gasteiger partial charge in [-0.15, -0.1) is 0 Å². The molecule has 0 aromatic heterocycles. The Kier molecular flexibility index (Phi) is 18.6. The van der Waals surface area contributed by atoms with Crippen LogP contribution in [0.15, 0.2) is 24.3 Å². The lowest BCUT2D eigenvalue weighted by atomic mass is 9.84. The lowest BCUT2D eigenvalue weighted by Crippen LogP contribution is -2.55. The second-order valence-electron chi connectivity index (χ2n) is 15.7. The second kappa shape index (κ2) is 21.5. The molecule has 0 saturated carbocycles. The predicted molar refractivity (Wildman–Crippen MR) is 206 cm³/mol. The zero-order valence-corrected chi connectivity index (χ0v) is 34.3. The lowest BCUT2D eigenvalue weighted by Gasteiger charge is -2.41. The highest BCUT2D eigenvalue weighted by Gasteiger charge is 2.43. The average molecular weight is 745 g/mol. The smallest absolute Gasteiger partial charge is 0.326 e. The molecule has 300 valence electrons. The van der Waals surface area contributed by atoms with Crippen molar-refractivity contribution in [1.82, 2.24) is 20.4 Å². The minimum absolute atomic E-state index is 0.00180. The molecule has 0 unspecified atom stereocenters. The number of ketones is 1. The van der Waals surface area contributed by atoms with E-state index in [1.807, 2.05) is 72.7 Å². The molecule has 3 amide bonds. The fourth-order valence-corrected chi connectivity index (χ4v) is 7.85. The Morgan fingerprint density at radius 2 is 1.58 bits per heavy atom. The van der Waals surface area contributed by atoms with Crippen LogP contribution in [0.5, 0.6) is 0 Å². The predicted octanol–water partition coefficient (Wildman–Crippen LogP) is 4.50. The van der Waals surface area contributed by atoms with Crippen molar-refractivity contribution in [3.8, 4) is 0 Å². The molecule has 0 aliphatic carbocycles. The summed E-state index contributed by atoms with van der Waals surface area (Å²) in [6.07, 6.45) is 1.03. The first-order chi connectivity index (χ1) is 24.9. The van der Waals surface area contributed by atoms with Gasteiger partial charge in [0.15, 0.2) is 5.78 Å². The van der Waals surface area contributed by atoms with Gasteiger partial charge in [-0.05, 0) is 50.1 Å². The minimum Gasteiger partial charge on any atom is -0.480 e. The molecular formula is C41H68N4O8. The number of carbonyl (C=O) groups excluding carboxylic acids is 4. The van der Waals surface area contributed by atoms with E-state index in [2.05, 4.69) is 10.6 Å². The van der Waals surface area contributed by atoms with Gasteiger partial charge in [0.05, 0.1) is 42.7 Å². The van der Waals surface area contributed by atoms with Crippen LogP contribution in [-0.2, 0) is 39.9 Å². The van der Waals surface area contributed by atoms with Crippen LogP contribution in [0, 0.1) is 36.5 Å². The third-order valence-corrected chi connectivity index (χ3v) is 11.3. The maximum Gasteiger partial charge on any atom is 0.326 e. The molecule has 3 N–H and O–H groups in total. The Morgan fingerprint density at radius 3 is 2.08 bits per heavy atom. The molecule has 1 fully saturated rings. The molecule has 2 rings (SSSR count). The van der Waals surface area contributed by atoms with E-state index in [1.165, 1.54) is 7.11 Å². The normalized spacial score (nSPS) is 19.2. The number of carboxylic acid groups (broad SMARTS) is 1. The summed E-state index contributed by atoms with van der Waals surface area (Å²) in [5, 5.41) is 15.7. The Labute approximate surface area is 318 Å². The number of hydrogen-bond donors (Lipinski definition) is 3. The van der Waals surface area contributed by atoms with Crippen LogP contribution in [0.4, 0.5) is 0 Å². The fourth-order valence-electron chi connectivity index (χ4n) is 7.85. The number of carboxylic acids is 1. The van der Waals surface area contributed by atoms with Gasteiger partial charge in [0, 0.05) is 46.6 Å². The number of nitrogens with one attached hydrogen (secondary N) is 2. The average Bonchev–Trinajstić information content (AvgIpc) is 3.60. The van der Waals surface area contributed by atoms with E-state index in [-0.39, 0.29) is 60.7 Å². The number of likely N-dealkylation sites (N-methyl/N-ethyl adjacent to an activating group) is 2. The van der Waals surface area contributed by atoms with E-state index < -0.39 is 54.0 Å². The van der Waals surface area contributed by atoms with Crippen LogP contribution >= 0.6 is 0 Å². The van der Waals surface area contributed by atoms with Crippen LogP contribution in [0.25, 0.3) is 0 Å². The summed E-state index contributed by atoms with van der Waals surface area (Å²) in [7, 11) is 6.56. The quantitative estimate of drug-likeness (QED) is 0.156. The van der Waals surface area contributed by atoms with Crippen molar-refractivity contribution in [2.75, 3.05) is 34.9 Å². The van der Waals surface area contributed by atoms with E-state index in [4.69, 9.17) is 9.47 Å². The molecular weight excluding hydrogens is 676 g/mol. The Morgan fingerprint density at radius 1 is 0.962 bits per heavy atom. The molecule has 1 heterocycles. The first-order valence-corrected chi connectivity index (χ1v) is 19.3. The Balaban J connectivity index is 2.26.